The second-order valence-electron chi connectivity index (χ2n) is 4.57. The summed E-state index contributed by atoms with van der Waals surface area (Å²) in [4.78, 5) is 12.1. The van der Waals surface area contributed by atoms with Crippen LogP contribution in [0.2, 0.25) is 0 Å². The summed E-state index contributed by atoms with van der Waals surface area (Å²) in [7, 11) is 1.85. The maximum absolute atomic E-state index is 12.1. The van der Waals surface area contributed by atoms with E-state index in [2.05, 4.69) is 5.32 Å². The molecule has 0 saturated carbocycles. The highest BCUT2D eigenvalue weighted by atomic mass is 16.5. The Morgan fingerprint density at radius 3 is 2.60 bits per heavy atom. The van der Waals surface area contributed by atoms with Gasteiger partial charge in [0.15, 0.2) is 0 Å². The van der Waals surface area contributed by atoms with Crippen LogP contribution in [0.4, 0.5) is 0 Å². The molecule has 1 heterocycles. The normalized spacial score (nSPS) is 12.1. The summed E-state index contributed by atoms with van der Waals surface area (Å²) in [5.74, 6) is -0.0851. The van der Waals surface area contributed by atoms with Crippen LogP contribution in [0.5, 0.6) is 0 Å². The number of nitrogens with one attached hydrogen (secondary N) is 1. The van der Waals surface area contributed by atoms with Gasteiger partial charge in [0.25, 0.3) is 5.91 Å². The average molecular weight is 272 g/mol. The second kappa shape index (κ2) is 6.91. The van der Waals surface area contributed by atoms with Crippen molar-refractivity contribution >= 4 is 5.91 Å². The summed E-state index contributed by atoms with van der Waals surface area (Å²) in [6.45, 7) is 3.02. The van der Waals surface area contributed by atoms with Gasteiger partial charge in [-0.1, -0.05) is 30.3 Å². The number of rotatable bonds is 6. The number of amides is 1. The van der Waals surface area contributed by atoms with Gasteiger partial charge in [0, 0.05) is 26.4 Å². The van der Waals surface area contributed by atoms with Gasteiger partial charge in [-0.05, 0) is 24.6 Å². The monoisotopic (exact) mass is 272 g/mol. The molecule has 2 aromatic rings. The summed E-state index contributed by atoms with van der Waals surface area (Å²) < 4.78 is 7.50. The Labute approximate surface area is 119 Å². The van der Waals surface area contributed by atoms with Crippen LogP contribution in [0.3, 0.4) is 0 Å². The highest BCUT2D eigenvalue weighted by Gasteiger charge is 2.14. The molecule has 1 unspecified atom stereocenters. The first-order chi connectivity index (χ1) is 9.72. The van der Waals surface area contributed by atoms with Crippen molar-refractivity contribution in [1.29, 1.82) is 0 Å². The number of hydrogen-bond donors (Lipinski definition) is 1. The molecule has 0 saturated heterocycles. The van der Waals surface area contributed by atoms with Crippen molar-refractivity contribution in [3.8, 4) is 0 Å². The Hall–Kier alpha value is -2.07. The highest BCUT2D eigenvalue weighted by Crippen LogP contribution is 2.16. The molecule has 1 aromatic heterocycles. The van der Waals surface area contributed by atoms with E-state index in [9.17, 15) is 4.79 Å². The Kier molecular flexibility index (Phi) is 4.96. The average Bonchev–Trinajstić information content (AvgIpc) is 2.90. The molecule has 20 heavy (non-hydrogen) atoms. The van der Waals surface area contributed by atoms with Crippen molar-refractivity contribution in [2.75, 3.05) is 13.2 Å². The standard InChI is InChI=1S/C16H20N2O2/c1-3-20-15(13-8-5-4-6-9-13)12-17-16(19)14-10-7-11-18(14)2/h4-11,15H,3,12H2,1-2H3,(H,17,19). The summed E-state index contributed by atoms with van der Waals surface area (Å²) in [6.07, 6.45) is 1.73. The van der Waals surface area contributed by atoms with E-state index in [0.29, 0.717) is 18.8 Å². The fourth-order valence-electron chi connectivity index (χ4n) is 2.11. The zero-order valence-electron chi connectivity index (χ0n) is 11.9. The van der Waals surface area contributed by atoms with Gasteiger partial charge in [0.1, 0.15) is 5.69 Å². The lowest BCUT2D eigenvalue weighted by atomic mass is 10.1. The van der Waals surface area contributed by atoms with E-state index in [1.807, 2.05) is 56.6 Å². The first kappa shape index (κ1) is 14.3. The number of aromatic nitrogens is 1. The van der Waals surface area contributed by atoms with Crippen LogP contribution < -0.4 is 5.32 Å². The van der Waals surface area contributed by atoms with Crippen LogP contribution >= 0.6 is 0 Å². The molecule has 0 fully saturated rings. The number of ether oxygens (including phenoxy) is 1. The molecule has 0 aliphatic rings. The van der Waals surface area contributed by atoms with Gasteiger partial charge < -0.3 is 14.6 Å². The zero-order valence-corrected chi connectivity index (χ0v) is 11.9. The van der Waals surface area contributed by atoms with E-state index in [-0.39, 0.29) is 12.0 Å². The van der Waals surface area contributed by atoms with Gasteiger partial charge in [-0.2, -0.15) is 0 Å². The summed E-state index contributed by atoms with van der Waals surface area (Å²) in [5.41, 5.74) is 1.72. The molecule has 0 spiro atoms. The van der Waals surface area contributed by atoms with Crippen molar-refractivity contribution in [2.24, 2.45) is 7.05 Å². The maximum Gasteiger partial charge on any atom is 0.267 e. The molecule has 0 aliphatic carbocycles. The summed E-state index contributed by atoms with van der Waals surface area (Å²) in [6, 6.07) is 13.6. The lowest BCUT2D eigenvalue weighted by Gasteiger charge is -2.18. The van der Waals surface area contributed by atoms with E-state index < -0.39 is 0 Å². The molecule has 1 atom stereocenters. The van der Waals surface area contributed by atoms with E-state index in [0.717, 1.165) is 5.56 Å². The Morgan fingerprint density at radius 2 is 2.00 bits per heavy atom. The number of hydrogen-bond acceptors (Lipinski definition) is 2. The molecule has 2 rings (SSSR count). The number of aryl methyl sites for hydroxylation is 1. The zero-order chi connectivity index (χ0) is 14.4. The van der Waals surface area contributed by atoms with Gasteiger partial charge in [-0.3, -0.25) is 4.79 Å². The minimum Gasteiger partial charge on any atom is -0.372 e. The first-order valence-electron chi connectivity index (χ1n) is 6.78. The molecule has 106 valence electrons. The molecule has 1 aromatic carbocycles. The third-order valence-corrected chi connectivity index (χ3v) is 3.16. The lowest BCUT2D eigenvalue weighted by molar-refractivity contribution is 0.0584. The number of carbonyl (C=O) groups excluding carboxylic acids is 1. The number of carbonyl (C=O) groups is 1. The van der Waals surface area contributed by atoms with E-state index >= 15 is 0 Å². The molecule has 1 amide bonds. The largest absolute Gasteiger partial charge is 0.372 e. The Bertz CT molecular complexity index is 549. The second-order valence-corrected chi connectivity index (χ2v) is 4.57. The van der Waals surface area contributed by atoms with Gasteiger partial charge in [-0.25, -0.2) is 0 Å². The van der Waals surface area contributed by atoms with Gasteiger partial charge in [0.05, 0.1) is 6.10 Å². The molecule has 1 N–H and O–H groups in total. The molecule has 0 bridgehead atoms. The van der Waals surface area contributed by atoms with Crippen LogP contribution in [0, 0.1) is 0 Å². The Morgan fingerprint density at radius 1 is 1.25 bits per heavy atom. The van der Waals surface area contributed by atoms with Crippen molar-refractivity contribution in [3.05, 3.63) is 59.9 Å². The van der Waals surface area contributed by atoms with Crippen molar-refractivity contribution in [2.45, 2.75) is 13.0 Å². The van der Waals surface area contributed by atoms with Crippen molar-refractivity contribution in [3.63, 3.8) is 0 Å². The summed E-state index contributed by atoms with van der Waals surface area (Å²) >= 11 is 0. The molecule has 4 heteroatoms. The highest BCUT2D eigenvalue weighted by molar-refractivity contribution is 5.92. The third-order valence-electron chi connectivity index (χ3n) is 3.16. The molecule has 0 aliphatic heterocycles. The van der Waals surface area contributed by atoms with Gasteiger partial charge in [0.2, 0.25) is 0 Å². The van der Waals surface area contributed by atoms with E-state index in [1.54, 1.807) is 10.6 Å². The van der Waals surface area contributed by atoms with Crippen molar-refractivity contribution < 1.29 is 9.53 Å². The topological polar surface area (TPSA) is 43.3 Å². The molecular weight excluding hydrogens is 252 g/mol. The minimum atomic E-state index is -0.120. The van der Waals surface area contributed by atoms with Crippen LogP contribution in [0.15, 0.2) is 48.7 Å². The van der Waals surface area contributed by atoms with Crippen LogP contribution in [-0.2, 0) is 11.8 Å². The first-order valence-corrected chi connectivity index (χ1v) is 6.78. The van der Waals surface area contributed by atoms with E-state index in [4.69, 9.17) is 4.74 Å². The lowest BCUT2D eigenvalue weighted by Crippen LogP contribution is -2.30. The predicted octanol–water partition coefficient (Wildman–Crippen LogP) is 2.53. The van der Waals surface area contributed by atoms with Crippen molar-refractivity contribution in [1.82, 2.24) is 9.88 Å². The maximum atomic E-state index is 12.1. The van der Waals surface area contributed by atoms with Gasteiger partial charge >= 0.3 is 0 Å². The smallest absolute Gasteiger partial charge is 0.267 e. The van der Waals surface area contributed by atoms with Crippen LogP contribution in [0.25, 0.3) is 0 Å². The summed E-state index contributed by atoms with van der Waals surface area (Å²) in [5, 5.41) is 2.92. The SMILES string of the molecule is CCOC(CNC(=O)c1cccn1C)c1ccccc1. The minimum absolute atomic E-state index is 0.0851. The fraction of sp³-hybridized carbons (Fsp3) is 0.312. The number of benzene rings is 1. The van der Waals surface area contributed by atoms with E-state index in [1.165, 1.54) is 0 Å². The quantitative estimate of drug-likeness (QED) is 0.878. The third kappa shape index (κ3) is 3.48. The predicted molar refractivity (Wildman–Crippen MR) is 78.6 cm³/mol. The Balaban J connectivity index is 1.99. The number of nitrogens with zero attached hydrogens (tertiary/aromatic N) is 1. The van der Waals surface area contributed by atoms with Gasteiger partial charge in [-0.15, -0.1) is 0 Å². The molecule has 4 nitrogen and oxygen atoms in total. The molecule has 0 radical (unpaired) electrons. The van der Waals surface area contributed by atoms with Crippen LogP contribution in [0.1, 0.15) is 29.1 Å². The van der Waals surface area contributed by atoms with Crippen LogP contribution in [-0.4, -0.2) is 23.6 Å². The fourth-order valence-corrected chi connectivity index (χ4v) is 2.11. The molecular formula is C16H20N2O2.